The summed E-state index contributed by atoms with van der Waals surface area (Å²) < 4.78 is 9.70. The lowest BCUT2D eigenvalue weighted by Crippen LogP contribution is -2.15. The maximum absolute atomic E-state index is 10.9. The number of nitrogens with one attached hydrogen (secondary N) is 1. The standard InChI is InChI=1S/C12H23NO3/c1-3-16-12(14)8-7-10-13-9-5-4-6-11-15-2/h7-8,13H,3-6,9-11H2,1-2H3/b8-7+. The molecule has 0 aromatic carbocycles. The summed E-state index contributed by atoms with van der Waals surface area (Å²) in [7, 11) is 1.72. The number of esters is 1. The second-order valence-corrected chi connectivity index (χ2v) is 3.41. The van der Waals surface area contributed by atoms with Crippen molar-refractivity contribution >= 4 is 5.97 Å². The van der Waals surface area contributed by atoms with Gasteiger partial charge in [0.05, 0.1) is 6.61 Å². The van der Waals surface area contributed by atoms with Gasteiger partial charge in [0.2, 0.25) is 0 Å². The largest absolute Gasteiger partial charge is 0.463 e. The summed E-state index contributed by atoms with van der Waals surface area (Å²) in [5.74, 6) is -0.274. The highest BCUT2D eigenvalue weighted by molar-refractivity contribution is 5.81. The molecule has 0 atom stereocenters. The lowest BCUT2D eigenvalue weighted by atomic mass is 10.2. The van der Waals surface area contributed by atoms with Gasteiger partial charge in [-0.3, -0.25) is 0 Å². The van der Waals surface area contributed by atoms with Gasteiger partial charge in [-0.2, -0.15) is 0 Å². The molecule has 0 saturated heterocycles. The molecule has 0 heterocycles. The lowest BCUT2D eigenvalue weighted by molar-refractivity contribution is -0.137. The van der Waals surface area contributed by atoms with E-state index in [0.717, 1.165) is 26.0 Å². The summed E-state index contributed by atoms with van der Waals surface area (Å²) in [6.07, 6.45) is 6.66. The van der Waals surface area contributed by atoms with E-state index in [4.69, 9.17) is 9.47 Å². The van der Waals surface area contributed by atoms with Crippen LogP contribution in [0.25, 0.3) is 0 Å². The van der Waals surface area contributed by atoms with E-state index in [1.807, 2.05) is 0 Å². The van der Waals surface area contributed by atoms with E-state index in [1.165, 1.54) is 12.5 Å². The van der Waals surface area contributed by atoms with Gasteiger partial charge in [0.1, 0.15) is 0 Å². The van der Waals surface area contributed by atoms with E-state index < -0.39 is 0 Å². The monoisotopic (exact) mass is 229 g/mol. The molecule has 0 spiro atoms. The van der Waals surface area contributed by atoms with Gasteiger partial charge in [0.15, 0.2) is 0 Å². The number of methoxy groups -OCH3 is 1. The van der Waals surface area contributed by atoms with Crippen LogP contribution in [0.5, 0.6) is 0 Å². The number of carbonyl (C=O) groups excluding carboxylic acids is 1. The van der Waals surface area contributed by atoms with E-state index in [1.54, 1.807) is 20.1 Å². The molecule has 0 unspecified atom stereocenters. The van der Waals surface area contributed by atoms with Crippen LogP contribution in [-0.4, -0.2) is 39.4 Å². The van der Waals surface area contributed by atoms with Crippen molar-refractivity contribution in [3.8, 4) is 0 Å². The number of hydrogen-bond donors (Lipinski definition) is 1. The molecule has 0 aromatic rings. The molecule has 0 aromatic heterocycles. The Hall–Kier alpha value is -0.870. The SMILES string of the molecule is CCOC(=O)/C=C/CNCCCCCOC. The van der Waals surface area contributed by atoms with Gasteiger partial charge in [-0.1, -0.05) is 6.08 Å². The predicted octanol–water partition coefficient (Wildman–Crippen LogP) is 1.51. The van der Waals surface area contributed by atoms with Gasteiger partial charge in [0.25, 0.3) is 0 Å². The van der Waals surface area contributed by atoms with E-state index in [0.29, 0.717) is 13.2 Å². The van der Waals surface area contributed by atoms with Crippen LogP contribution < -0.4 is 5.32 Å². The quantitative estimate of drug-likeness (QED) is 0.350. The van der Waals surface area contributed by atoms with E-state index in [2.05, 4.69) is 5.32 Å². The molecule has 0 aliphatic carbocycles. The molecule has 0 aliphatic rings. The van der Waals surface area contributed by atoms with Crippen molar-refractivity contribution in [2.75, 3.05) is 33.4 Å². The van der Waals surface area contributed by atoms with Crippen molar-refractivity contribution in [1.82, 2.24) is 5.32 Å². The average Bonchev–Trinajstić information content (AvgIpc) is 2.27. The highest BCUT2D eigenvalue weighted by Gasteiger charge is 1.92. The molecule has 0 aliphatic heterocycles. The third-order valence-electron chi connectivity index (χ3n) is 2.00. The van der Waals surface area contributed by atoms with Gasteiger partial charge in [-0.25, -0.2) is 4.79 Å². The third-order valence-corrected chi connectivity index (χ3v) is 2.00. The zero-order valence-corrected chi connectivity index (χ0v) is 10.3. The number of hydrogen-bond acceptors (Lipinski definition) is 4. The second kappa shape index (κ2) is 12.2. The third kappa shape index (κ3) is 11.2. The Labute approximate surface area is 98.0 Å². The van der Waals surface area contributed by atoms with Crippen LogP contribution in [0.15, 0.2) is 12.2 Å². The maximum atomic E-state index is 10.9. The minimum atomic E-state index is -0.274. The van der Waals surface area contributed by atoms with Crippen LogP contribution in [0.3, 0.4) is 0 Å². The molecule has 0 saturated carbocycles. The molecule has 1 N–H and O–H groups in total. The van der Waals surface area contributed by atoms with Gasteiger partial charge < -0.3 is 14.8 Å². The first kappa shape index (κ1) is 15.1. The Morgan fingerprint density at radius 2 is 2.12 bits per heavy atom. The highest BCUT2D eigenvalue weighted by Crippen LogP contribution is 1.93. The van der Waals surface area contributed by atoms with Gasteiger partial charge >= 0.3 is 5.97 Å². The van der Waals surface area contributed by atoms with Crippen LogP contribution in [-0.2, 0) is 14.3 Å². The summed E-state index contributed by atoms with van der Waals surface area (Å²) in [6, 6.07) is 0. The Morgan fingerprint density at radius 3 is 2.81 bits per heavy atom. The lowest BCUT2D eigenvalue weighted by Gasteiger charge is -2.01. The molecule has 4 heteroatoms. The normalized spacial score (nSPS) is 10.9. The molecule has 0 rings (SSSR count). The summed E-state index contributed by atoms with van der Waals surface area (Å²) in [5.41, 5.74) is 0. The number of carbonyl (C=O) groups is 1. The molecule has 0 fully saturated rings. The Kier molecular flexibility index (Phi) is 11.5. The molecule has 94 valence electrons. The van der Waals surface area contributed by atoms with Crippen molar-refractivity contribution in [2.24, 2.45) is 0 Å². The second-order valence-electron chi connectivity index (χ2n) is 3.41. The Morgan fingerprint density at radius 1 is 1.31 bits per heavy atom. The Bertz CT molecular complexity index is 193. The zero-order chi connectivity index (χ0) is 12.1. The van der Waals surface area contributed by atoms with Gasteiger partial charge in [-0.15, -0.1) is 0 Å². The molecular formula is C12H23NO3. The predicted molar refractivity (Wildman–Crippen MR) is 64.4 cm³/mol. The molecule has 4 nitrogen and oxygen atoms in total. The van der Waals surface area contributed by atoms with Crippen LogP contribution in [0.1, 0.15) is 26.2 Å². The fourth-order valence-electron chi connectivity index (χ4n) is 1.20. The zero-order valence-electron chi connectivity index (χ0n) is 10.3. The fraction of sp³-hybridized carbons (Fsp3) is 0.750. The minimum Gasteiger partial charge on any atom is -0.463 e. The minimum absolute atomic E-state index is 0.274. The number of rotatable bonds is 10. The van der Waals surface area contributed by atoms with Crippen LogP contribution in [0.4, 0.5) is 0 Å². The van der Waals surface area contributed by atoms with Crippen LogP contribution >= 0.6 is 0 Å². The average molecular weight is 229 g/mol. The molecule has 0 radical (unpaired) electrons. The first-order chi connectivity index (χ1) is 7.81. The summed E-state index contributed by atoms with van der Waals surface area (Å²) in [6.45, 7) is 4.74. The first-order valence-electron chi connectivity index (χ1n) is 5.84. The maximum Gasteiger partial charge on any atom is 0.330 e. The van der Waals surface area contributed by atoms with Gasteiger partial charge in [0, 0.05) is 26.3 Å². The topological polar surface area (TPSA) is 47.6 Å². The van der Waals surface area contributed by atoms with Crippen molar-refractivity contribution in [3.05, 3.63) is 12.2 Å². The fourth-order valence-corrected chi connectivity index (χ4v) is 1.20. The van der Waals surface area contributed by atoms with E-state index in [-0.39, 0.29) is 5.97 Å². The van der Waals surface area contributed by atoms with Crippen molar-refractivity contribution < 1.29 is 14.3 Å². The van der Waals surface area contributed by atoms with Crippen LogP contribution in [0, 0.1) is 0 Å². The Balaban J connectivity index is 3.17. The molecule has 16 heavy (non-hydrogen) atoms. The van der Waals surface area contributed by atoms with Crippen molar-refractivity contribution in [1.29, 1.82) is 0 Å². The van der Waals surface area contributed by atoms with Crippen molar-refractivity contribution in [2.45, 2.75) is 26.2 Å². The summed E-state index contributed by atoms with van der Waals surface area (Å²) in [4.78, 5) is 10.9. The first-order valence-corrected chi connectivity index (χ1v) is 5.84. The summed E-state index contributed by atoms with van der Waals surface area (Å²) >= 11 is 0. The highest BCUT2D eigenvalue weighted by atomic mass is 16.5. The van der Waals surface area contributed by atoms with Crippen molar-refractivity contribution in [3.63, 3.8) is 0 Å². The molecule has 0 bridgehead atoms. The van der Waals surface area contributed by atoms with E-state index in [9.17, 15) is 4.79 Å². The van der Waals surface area contributed by atoms with E-state index >= 15 is 0 Å². The number of unbranched alkanes of at least 4 members (excludes halogenated alkanes) is 2. The van der Waals surface area contributed by atoms with Crippen LogP contribution in [0.2, 0.25) is 0 Å². The molecule has 0 amide bonds. The van der Waals surface area contributed by atoms with Gasteiger partial charge in [-0.05, 0) is 32.7 Å². The summed E-state index contributed by atoms with van der Waals surface area (Å²) in [5, 5.41) is 3.22. The number of ether oxygens (including phenoxy) is 2. The molecular weight excluding hydrogens is 206 g/mol. The smallest absolute Gasteiger partial charge is 0.330 e.